The number of rotatable bonds is 17. The number of Topliss-reactive ketones (excluding diaryl/α,β-unsaturated/α-hetero) is 1. The lowest BCUT2D eigenvalue weighted by Crippen LogP contribution is -2.58. The summed E-state index contributed by atoms with van der Waals surface area (Å²) in [6.45, 7) is 11.5. The molecule has 4 unspecified atom stereocenters. The van der Waals surface area contributed by atoms with Gasteiger partial charge in [0.1, 0.15) is 12.1 Å². The lowest BCUT2D eigenvalue weighted by molar-refractivity contribution is -0.144. The molecule has 0 radical (unpaired) electrons. The minimum absolute atomic E-state index is 0.105. The van der Waals surface area contributed by atoms with Gasteiger partial charge in [-0.15, -0.1) is 0 Å². The highest BCUT2D eigenvalue weighted by atomic mass is 32.2. The van der Waals surface area contributed by atoms with Crippen molar-refractivity contribution in [2.45, 2.75) is 127 Å². The first-order chi connectivity index (χ1) is 25.0. The van der Waals surface area contributed by atoms with Crippen LogP contribution in [0.5, 0.6) is 0 Å². The third-order valence-corrected chi connectivity index (χ3v) is 10.5. The third kappa shape index (κ3) is 13.7. The first-order valence-corrected chi connectivity index (χ1v) is 19.5. The number of nitrogens with zero attached hydrogens (tertiary/aromatic N) is 1. The summed E-state index contributed by atoms with van der Waals surface area (Å²) in [7, 11) is 0. The van der Waals surface area contributed by atoms with Crippen molar-refractivity contribution in [2.75, 3.05) is 19.7 Å². The van der Waals surface area contributed by atoms with Gasteiger partial charge < -0.3 is 36.0 Å². The summed E-state index contributed by atoms with van der Waals surface area (Å²) in [5, 5.41) is 19.6. The van der Waals surface area contributed by atoms with Crippen molar-refractivity contribution in [1.82, 2.24) is 26.2 Å². The number of ether oxygens (including phenoxy) is 1. The molecule has 5 N–H and O–H groups in total. The predicted octanol–water partition coefficient (Wildman–Crippen LogP) is 3.73. The molecule has 3 rings (SSSR count). The number of thioether (sulfide) groups is 1. The van der Waals surface area contributed by atoms with Gasteiger partial charge in [-0.3, -0.25) is 24.0 Å². The van der Waals surface area contributed by atoms with E-state index in [0.29, 0.717) is 18.4 Å². The van der Waals surface area contributed by atoms with Gasteiger partial charge in [-0.2, -0.15) is 11.8 Å². The Labute approximate surface area is 316 Å². The molecule has 15 heteroatoms. The topological polar surface area (TPSA) is 200 Å². The van der Waals surface area contributed by atoms with Crippen LogP contribution in [0, 0.1) is 11.8 Å². The van der Waals surface area contributed by atoms with Crippen molar-refractivity contribution in [3.63, 3.8) is 0 Å². The SMILES string of the molecule is CCCC(NC(=O)C1C[C@@H](SC(C)(C)C)CN1C(=O)C(NC(=O)OCC(C)C)C1CCCCC1)C(=O)C(=O)NCC(=O)NC(C(=O)O)c1ccccc1. The van der Waals surface area contributed by atoms with Crippen LogP contribution in [0.2, 0.25) is 0 Å². The number of carboxylic acids is 1. The second-order valence-electron chi connectivity index (χ2n) is 15.3. The van der Waals surface area contributed by atoms with Crippen LogP contribution in [0.1, 0.15) is 105 Å². The van der Waals surface area contributed by atoms with Crippen LogP contribution < -0.4 is 21.3 Å². The monoisotopic (exact) mass is 759 g/mol. The van der Waals surface area contributed by atoms with Gasteiger partial charge in [-0.25, -0.2) is 9.59 Å². The number of aliphatic carboxylic acids is 1. The zero-order chi connectivity index (χ0) is 39.3. The van der Waals surface area contributed by atoms with Crippen LogP contribution in [-0.2, 0) is 33.5 Å². The minimum atomic E-state index is -1.36. The molecule has 0 bridgehead atoms. The molecule has 1 aliphatic carbocycles. The van der Waals surface area contributed by atoms with E-state index in [1.165, 1.54) is 17.0 Å². The number of nitrogens with one attached hydrogen (secondary N) is 4. The summed E-state index contributed by atoms with van der Waals surface area (Å²) >= 11 is 1.64. The molecule has 53 heavy (non-hydrogen) atoms. The van der Waals surface area contributed by atoms with E-state index in [0.717, 1.165) is 32.1 Å². The molecular formula is C38H57N5O9S. The maximum absolute atomic E-state index is 14.4. The van der Waals surface area contributed by atoms with Crippen LogP contribution in [0.3, 0.4) is 0 Å². The summed E-state index contributed by atoms with van der Waals surface area (Å²) in [5.74, 6) is -5.22. The highest BCUT2D eigenvalue weighted by Crippen LogP contribution is 2.37. The molecule has 2 aliphatic rings. The predicted molar refractivity (Wildman–Crippen MR) is 201 cm³/mol. The number of carbonyl (C=O) groups is 7. The number of carboxylic acid groups (broad SMARTS) is 1. The fourth-order valence-electron chi connectivity index (χ4n) is 6.69. The fourth-order valence-corrected chi connectivity index (χ4v) is 8.20. The quantitative estimate of drug-likeness (QED) is 0.146. The van der Waals surface area contributed by atoms with Gasteiger partial charge in [0.15, 0.2) is 6.04 Å². The molecule has 1 aromatic carbocycles. The second kappa shape index (κ2) is 20.4. The summed E-state index contributed by atoms with van der Waals surface area (Å²) in [4.78, 5) is 93.5. The number of carbonyl (C=O) groups excluding carboxylic acids is 6. The van der Waals surface area contributed by atoms with Gasteiger partial charge in [-0.05, 0) is 43.1 Å². The van der Waals surface area contributed by atoms with Crippen molar-refractivity contribution in [3.05, 3.63) is 35.9 Å². The maximum Gasteiger partial charge on any atom is 0.407 e. The average Bonchev–Trinajstić information content (AvgIpc) is 3.53. The Kier molecular flexibility index (Phi) is 16.6. The Hall–Kier alpha value is -4.14. The summed E-state index contributed by atoms with van der Waals surface area (Å²) in [6, 6.07) is 3.57. The molecule has 5 amide bonds. The van der Waals surface area contributed by atoms with Crippen molar-refractivity contribution in [1.29, 1.82) is 0 Å². The Morgan fingerprint density at radius 3 is 2.21 bits per heavy atom. The van der Waals surface area contributed by atoms with E-state index in [-0.39, 0.29) is 47.3 Å². The molecule has 1 aromatic rings. The zero-order valence-corrected chi connectivity index (χ0v) is 32.6. The normalized spacial score (nSPS) is 19.4. The van der Waals surface area contributed by atoms with Gasteiger partial charge in [0.25, 0.3) is 5.91 Å². The molecule has 1 heterocycles. The van der Waals surface area contributed by atoms with Gasteiger partial charge in [0.2, 0.25) is 23.5 Å². The molecule has 0 spiro atoms. The van der Waals surface area contributed by atoms with E-state index in [2.05, 4.69) is 21.3 Å². The largest absolute Gasteiger partial charge is 0.479 e. The maximum atomic E-state index is 14.4. The summed E-state index contributed by atoms with van der Waals surface area (Å²) in [6.07, 6.45) is 4.54. The lowest BCUT2D eigenvalue weighted by Gasteiger charge is -2.34. The minimum Gasteiger partial charge on any atom is -0.479 e. The average molecular weight is 760 g/mol. The molecule has 1 aliphatic heterocycles. The number of benzene rings is 1. The molecule has 1 saturated heterocycles. The fraction of sp³-hybridized carbons (Fsp3) is 0.658. The van der Waals surface area contributed by atoms with Crippen LogP contribution in [0.25, 0.3) is 0 Å². The molecular weight excluding hydrogens is 703 g/mol. The van der Waals surface area contributed by atoms with Gasteiger partial charge >= 0.3 is 12.1 Å². The van der Waals surface area contributed by atoms with Gasteiger partial charge in [0, 0.05) is 16.5 Å². The van der Waals surface area contributed by atoms with Crippen LogP contribution in [0.15, 0.2) is 30.3 Å². The van der Waals surface area contributed by atoms with Crippen molar-refractivity contribution in [2.24, 2.45) is 11.8 Å². The first kappa shape index (κ1) is 43.3. The van der Waals surface area contributed by atoms with Crippen molar-refractivity contribution in [3.8, 4) is 0 Å². The van der Waals surface area contributed by atoms with E-state index in [1.54, 1.807) is 36.9 Å². The Morgan fingerprint density at radius 2 is 1.62 bits per heavy atom. The van der Waals surface area contributed by atoms with Crippen LogP contribution in [0.4, 0.5) is 4.79 Å². The number of hydrogen-bond acceptors (Lipinski definition) is 9. The molecule has 0 aromatic heterocycles. The highest BCUT2D eigenvalue weighted by Gasteiger charge is 2.46. The Bertz CT molecular complexity index is 1440. The summed E-state index contributed by atoms with van der Waals surface area (Å²) < 4.78 is 5.20. The number of hydrogen-bond donors (Lipinski definition) is 5. The smallest absolute Gasteiger partial charge is 0.407 e. The molecule has 294 valence electrons. The van der Waals surface area contributed by atoms with E-state index in [1.807, 2.05) is 34.6 Å². The van der Waals surface area contributed by atoms with Gasteiger partial charge in [-0.1, -0.05) is 97.6 Å². The molecule has 5 atom stereocenters. The van der Waals surface area contributed by atoms with E-state index >= 15 is 0 Å². The second-order valence-corrected chi connectivity index (χ2v) is 17.4. The molecule has 1 saturated carbocycles. The Balaban J connectivity index is 1.76. The van der Waals surface area contributed by atoms with Gasteiger partial charge in [0.05, 0.1) is 19.2 Å². The van der Waals surface area contributed by atoms with E-state index in [9.17, 15) is 38.7 Å². The standard InChI is InChI=1S/C38H57N5O9S/c1-7-14-27(32(45)34(47)39-20-29(44)41-31(36(49)50)25-17-12-9-13-18-25)40-33(46)28-19-26(53-38(4,5)6)21-43(28)35(48)30(24-15-10-8-11-16-24)42-37(51)52-22-23(2)3/h9,12-13,17-18,23-24,26-28,30-31H,7-8,10-11,14-16,19-22H2,1-6H3,(H,39,47)(H,40,46)(H,41,44)(H,42,51)(H,49,50)/t26-,27?,28?,30?,31?/m1/s1. The first-order valence-electron chi connectivity index (χ1n) is 18.6. The third-order valence-electron chi connectivity index (χ3n) is 9.11. The van der Waals surface area contributed by atoms with E-state index in [4.69, 9.17) is 4.74 Å². The number of amides is 5. The number of likely N-dealkylation sites (tertiary alicyclic amines) is 1. The van der Waals surface area contributed by atoms with E-state index < -0.39 is 66.3 Å². The molecule has 2 fully saturated rings. The highest BCUT2D eigenvalue weighted by molar-refractivity contribution is 8.01. The molecule has 14 nitrogen and oxygen atoms in total. The van der Waals surface area contributed by atoms with Crippen LogP contribution >= 0.6 is 11.8 Å². The number of alkyl carbamates (subject to hydrolysis) is 1. The van der Waals surface area contributed by atoms with Crippen molar-refractivity contribution < 1.29 is 43.4 Å². The Morgan fingerprint density at radius 1 is 0.962 bits per heavy atom. The zero-order valence-electron chi connectivity index (χ0n) is 31.8. The van der Waals surface area contributed by atoms with Crippen LogP contribution in [-0.4, -0.2) is 99.3 Å². The summed E-state index contributed by atoms with van der Waals surface area (Å²) in [5.41, 5.74) is 0.330. The van der Waals surface area contributed by atoms with Crippen molar-refractivity contribution >= 4 is 53.2 Å². The lowest BCUT2D eigenvalue weighted by atomic mass is 9.83. The number of ketones is 1.